The molecule has 1 aliphatic heterocycles. The molecule has 0 radical (unpaired) electrons. The lowest BCUT2D eigenvalue weighted by Gasteiger charge is -2.27. The Morgan fingerprint density at radius 3 is 2.80 bits per heavy atom. The van der Waals surface area contributed by atoms with E-state index in [9.17, 15) is 9.90 Å². The summed E-state index contributed by atoms with van der Waals surface area (Å²) in [5, 5.41) is 14.2. The Kier molecular flexibility index (Phi) is 4.68. The molecule has 4 aromatic rings. The average Bonchev–Trinajstić information content (AvgIpc) is 3.48. The number of aromatic nitrogens is 7. The summed E-state index contributed by atoms with van der Waals surface area (Å²) in [7, 11) is 0. The highest BCUT2D eigenvalue weighted by Gasteiger charge is 2.31. The molecule has 0 aliphatic carbocycles. The van der Waals surface area contributed by atoms with Gasteiger partial charge in [-0.15, -0.1) is 0 Å². The first-order chi connectivity index (χ1) is 14.8. The summed E-state index contributed by atoms with van der Waals surface area (Å²) in [6.07, 6.45) is 8.10. The van der Waals surface area contributed by atoms with Crippen molar-refractivity contribution >= 4 is 16.7 Å². The van der Waals surface area contributed by atoms with Gasteiger partial charge in [0.2, 0.25) is 0 Å². The number of aliphatic hydroxyl groups is 1. The van der Waals surface area contributed by atoms with Crippen LogP contribution in [0.4, 0.5) is 5.82 Å². The molecule has 1 aliphatic rings. The first-order valence-electron chi connectivity index (χ1n) is 9.80. The summed E-state index contributed by atoms with van der Waals surface area (Å²) in [5.41, 5.74) is 0.514. The fourth-order valence-corrected chi connectivity index (χ4v) is 3.99. The van der Waals surface area contributed by atoms with E-state index in [0.29, 0.717) is 28.4 Å². The van der Waals surface area contributed by atoms with E-state index in [1.807, 2.05) is 18.2 Å². The van der Waals surface area contributed by atoms with Crippen molar-refractivity contribution in [3.8, 4) is 5.82 Å². The van der Waals surface area contributed by atoms with Crippen molar-refractivity contribution < 1.29 is 5.11 Å². The number of hydrogen-bond acceptors (Lipinski definition) is 8. The first-order valence-corrected chi connectivity index (χ1v) is 9.80. The van der Waals surface area contributed by atoms with Crippen LogP contribution in [0, 0.1) is 0 Å². The number of anilines is 1. The minimum absolute atomic E-state index is 0.138. The maximum atomic E-state index is 13.1. The van der Waals surface area contributed by atoms with Gasteiger partial charge in [0, 0.05) is 6.54 Å². The normalized spacial score (nSPS) is 16.4. The molecule has 1 atom stereocenters. The molecule has 10 nitrogen and oxygen atoms in total. The van der Waals surface area contributed by atoms with Gasteiger partial charge < -0.3 is 10.0 Å². The largest absolute Gasteiger partial charge is 0.395 e. The third kappa shape index (κ3) is 3.11. The van der Waals surface area contributed by atoms with E-state index in [-0.39, 0.29) is 24.8 Å². The van der Waals surface area contributed by atoms with E-state index >= 15 is 0 Å². The topological polar surface area (TPSA) is 115 Å². The molecule has 1 N–H and O–H groups in total. The number of aliphatic hydroxyl groups excluding tert-OH is 1. The summed E-state index contributed by atoms with van der Waals surface area (Å²) >= 11 is 0. The molecule has 0 amide bonds. The van der Waals surface area contributed by atoms with Gasteiger partial charge in [-0.3, -0.25) is 14.3 Å². The summed E-state index contributed by atoms with van der Waals surface area (Å²) in [4.78, 5) is 33.0. The summed E-state index contributed by atoms with van der Waals surface area (Å²) in [6, 6.07) is 7.15. The van der Waals surface area contributed by atoms with Gasteiger partial charge in [-0.25, -0.2) is 19.6 Å². The smallest absolute Gasteiger partial charge is 0.261 e. The first kappa shape index (κ1) is 18.4. The molecule has 30 heavy (non-hydrogen) atoms. The van der Waals surface area contributed by atoms with Crippen LogP contribution in [0.15, 0.2) is 54.1 Å². The standard InChI is InChI=1S/C20H20N8O2/c29-9-8-27-19(24-15-5-2-1-4-14(15)20(27)30)16-6-3-7-26(16)17-10-21-11-18(25-17)28-13-22-12-23-28/h1-2,4-5,10-13,16,29H,3,6-9H2. The Balaban J connectivity index is 1.60. The molecular formula is C20H20N8O2. The second kappa shape index (κ2) is 7.64. The number of nitrogens with zero attached hydrogens (tertiary/aromatic N) is 8. The SMILES string of the molecule is O=c1c2ccccc2nc(C2CCCN2c2cncc(-n3cncn3)n2)n1CCO. The number of para-hydroxylation sites is 1. The molecule has 0 saturated carbocycles. The minimum atomic E-state index is -0.144. The molecule has 4 heterocycles. The van der Waals surface area contributed by atoms with Crippen molar-refractivity contribution in [3.63, 3.8) is 0 Å². The predicted octanol–water partition coefficient (Wildman–Crippen LogP) is 1.10. The van der Waals surface area contributed by atoms with E-state index in [0.717, 1.165) is 19.4 Å². The average molecular weight is 404 g/mol. The second-order valence-corrected chi connectivity index (χ2v) is 7.09. The third-order valence-corrected chi connectivity index (χ3v) is 5.32. The van der Waals surface area contributed by atoms with E-state index in [4.69, 9.17) is 9.97 Å². The van der Waals surface area contributed by atoms with E-state index < -0.39 is 0 Å². The van der Waals surface area contributed by atoms with Gasteiger partial charge in [0.05, 0.1) is 42.5 Å². The van der Waals surface area contributed by atoms with Crippen molar-refractivity contribution in [2.75, 3.05) is 18.1 Å². The molecular weight excluding hydrogens is 384 g/mol. The Labute approximate surface area is 171 Å². The lowest BCUT2D eigenvalue weighted by atomic mass is 10.1. The summed E-state index contributed by atoms with van der Waals surface area (Å²) in [6.45, 7) is 0.824. The van der Waals surface area contributed by atoms with Crippen LogP contribution in [0.3, 0.4) is 0 Å². The maximum absolute atomic E-state index is 13.1. The van der Waals surface area contributed by atoms with Crippen LogP contribution < -0.4 is 10.5 Å². The van der Waals surface area contributed by atoms with Crippen molar-refractivity contribution in [3.05, 3.63) is 65.5 Å². The van der Waals surface area contributed by atoms with Gasteiger partial charge in [0.25, 0.3) is 5.56 Å². The summed E-state index contributed by atoms with van der Waals surface area (Å²) < 4.78 is 3.14. The fraction of sp³-hybridized carbons (Fsp3) is 0.300. The second-order valence-electron chi connectivity index (χ2n) is 7.09. The predicted molar refractivity (Wildman–Crippen MR) is 109 cm³/mol. The van der Waals surface area contributed by atoms with Crippen molar-refractivity contribution in [1.82, 2.24) is 34.3 Å². The number of rotatable bonds is 5. The molecule has 0 spiro atoms. The number of hydrogen-bond donors (Lipinski definition) is 1. The highest BCUT2D eigenvalue weighted by atomic mass is 16.3. The Morgan fingerprint density at radius 2 is 1.97 bits per heavy atom. The molecule has 1 saturated heterocycles. The Morgan fingerprint density at radius 1 is 1.10 bits per heavy atom. The zero-order valence-corrected chi connectivity index (χ0v) is 16.2. The van der Waals surface area contributed by atoms with Gasteiger partial charge in [0.1, 0.15) is 24.3 Å². The quantitative estimate of drug-likeness (QED) is 0.526. The lowest BCUT2D eigenvalue weighted by Crippen LogP contribution is -2.33. The highest BCUT2D eigenvalue weighted by molar-refractivity contribution is 5.77. The molecule has 3 aromatic heterocycles. The van der Waals surface area contributed by atoms with Crippen molar-refractivity contribution in [2.45, 2.75) is 25.4 Å². The number of fused-ring (bicyclic) bond motifs is 1. The Bertz CT molecular complexity index is 1240. The third-order valence-electron chi connectivity index (χ3n) is 5.32. The lowest BCUT2D eigenvalue weighted by molar-refractivity contribution is 0.270. The molecule has 5 rings (SSSR count). The molecule has 152 valence electrons. The van der Waals surface area contributed by atoms with Crippen LogP contribution >= 0.6 is 0 Å². The van der Waals surface area contributed by atoms with Gasteiger partial charge in [-0.2, -0.15) is 5.10 Å². The molecule has 1 aromatic carbocycles. The van der Waals surface area contributed by atoms with Gasteiger partial charge in [0.15, 0.2) is 5.82 Å². The van der Waals surface area contributed by atoms with E-state index in [1.54, 1.807) is 34.0 Å². The molecule has 1 fully saturated rings. The summed E-state index contributed by atoms with van der Waals surface area (Å²) in [5.74, 6) is 1.89. The molecule has 10 heteroatoms. The van der Waals surface area contributed by atoms with Crippen molar-refractivity contribution in [1.29, 1.82) is 0 Å². The monoisotopic (exact) mass is 404 g/mol. The van der Waals surface area contributed by atoms with Crippen LogP contribution in [0.2, 0.25) is 0 Å². The van der Waals surface area contributed by atoms with Crippen LogP contribution in [-0.2, 0) is 6.54 Å². The van der Waals surface area contributed by atoms with E-state index in [2.05, 4.69) is 20.0 Å². The highest BCUT2D eigenvalue weighted by Crippen LogP contribution is 2.34. The van der Waals surface area contributed by atoms with Crippen molar-refractivity contribution in [2.24, 2.45) is 0 Å². The number of benzene rings is 1. The molecule has 1 unspecified atom stereocenters. The van der Waals surface area contributed by atoms with E-state index in [1.165, 1.54) is 6.33 Å². The van der Waals surface area contributed by atoms with Gasteiger partial charge >= 0.3 is 0 Å². The maximum Gasteiger partial charge on any atom is 0.261 e. The zero-order valence-electron chi connectivity index (χ0n) is 16.2. The van der Waals surface area contributed by atoms with Gasteiger partial charge in [-0.05, 0) is 25.0 Å². The zero-order chi connectivity index (χ0) is 20.5. The van der Waals surface area contributed by atoms with Gasteiger partial charge in [-0.1, -0.05) is 12.1 Å². The van der Waals surface area contributed by atoms with Crippen LogP contribution in [-0.4, -0.2) is 52.5 Å². The molecule has 0 bridgehead atoms. The fourth-order valence-electron chi connectivity index (χ4n) is 3.99. The minimum Gasteiger partial charge on any atom is -0.395 e. The van der Waals surface area contributed by atoms with Crippen LogP contribution in [0.25, 0.3) is 16.7 Å². The Hall–Kier alpha value is -3.66. The van der Waals surface area contributed by atoms with Crippen LogP contribution in [0.5, 0.6) is 0 Å². The van der Waals surface area contributed by atoms with Crippen LogP contribution in [0.1, 0.15) is 24.7 Å².